The van der Waals surface area contributed by atoms with Gasteiger partial charge in [0.15, 0.2) is 0 Å². The number of fused-ring (bicyclic) bond motifs is 2. The lowest BCUT2D eigenvalue weighted by Crippen LogP contribution is -2.62. The van der Waals surface area contributed by atoms with Crippen LogP contribution in [0.3, 0.4) is 0 Å². The fourth-order valence-electron chi connectivity index (χ4n) is 14.9. The summed E-state index contributed by atoms with van der Waals surface area (Å²) in [5.41, 5.74) is -0.348. The van der Waals surface area contributed by atoms with Gasteiger partial charge in [0, 0.05) is 57.6 Å². The van der Waals surface area contributed by atoms with Crippen LogP contribution in [0.1, 0.15) is 164 Å². The molecule has 9 rings (SSSR count). The van der Waals surface area contributed by atoms with Crippen LogP contribution in [0.4, 0.5) is 15.3 Å². The molecule has 3 heterocycles. The van der Waals surface area contributed by atoms with E-state index >= 15 is 43.2 Å². The maximum absolute atomic E-state index is 16.0. The number of hydrogen-bond donors (Lipinski definition) is 10. The first-order valence-electron chi connectivity index (χ1n) is 39.4. The largest absolute Gasteiger partial charge is 0.444 e. The molecule has 29 heteroatoms. The Morgan fingerprint density at radius 2 is 0.867 bits per heavy atom. The molecule has 0 unspecified atom stereocenters. The Labute approximate surface area is 659 Å². The standard InChI is InChI=1S/C84H111N13O16/c1-48(2)43-61-73(100)92-64(46-51-21-14-13-15-22-51)79(106)96-42-20-28-67(96)77(104)94-70(50(5)6)78(105)88-60(26-18-40-86-82(109)113-84(10,11)12)72(99)90-62(44-49(3)4)74(101)93-65(47-56-34-33-55-32-31-53-23-16-24-54-35-38-58(56)69(55)68(53)54)80(107)95-41-19-27-66(95)76(103)91-63(45-52-29-36-57(37-30-52)97(110)111)75(102)87-59(71(98)89-61)25-17-39-85-81(108)112-83(7,8)9/h13-16,21-24,29-38,48-50,59-67,70H,17-20,25-28,39-47H2,1-12H3,(H,85,108)(H,86,109)(H,87,102)(H,88,105)(H,89,98)(H,90,99)(H,91,103)(H,92,100)(H,93,101)(H,94,104)/t59-,60-,61-,62-,63-,64+,65+,66-,67-,70-/m0/s1. The van der Waals surface area contributed by atoms with Crippen molar-refractivity contribution in [1.29, 1.82) is 0 Å². The van der Waals surface area contributed by atoms with E-state index in [2.05, 4.69) is 53.2 Å². The number of non-ortho nitro benzene ring substituents is 1. The molecular weight excluding hydrogens is 1450 g/mol. The minimum Gasteiger partial charge on any atom is -0.444 e. The van der Waals surface area contributed by atoms with Gasteiger partial charge in [-0.15, -0.1) is 0 Å². The topological polar surface area (TPSA) is 393 Å². The van der Waals surface area contributed by atoms with Crippen LogP contribution < -0.4 is 53.2 Å². The van der Waals surface area contributed by atoms with Gasteiger partial charge < -0.3 is 72.4 Å². The van der Waals surface area contributed by atoms with Crippen LogP contribution in [-0.4, -0.2) is 184 Å². The zero-order chi connectivity index (χ0) is 82.2. The van der Waals surface area contributed by atoms with Crippen molar-refractivity contribution in [2.45, 2.75) is 238 Å². The molecule has 12 amide bonds. The summed E-state index contributed by atoms with van der Waals surface area (Å²) in [5, 5.41) is 45.9. The number of nitro benzene ring substituents is 1. The van der Waals surface area contributed by atoms with Crippen LogP contribution in [0.5, 0.6) is 0 Å². The number of rotatable bonds is 20. The van der Waals surface area contributed by atoms with Gasteiger partial charge in [-0.25, -0.2) is 9.59 Å². The van der Waals surface area contributed by atoms with Crippen molar-refractivity contribution < 1.29 is 71.9 Å². The molecule has 6 aromatic rings. The molecule has 3 fully saturated rings. The maximum Gasteiger partial charge on any atom is 0.407 e. The quantitative estimate of drug-likeness (QED) is 0.0151. The molecule has 608 valence electrons. The summed E-state index contributed by atoms with van der Waals surface area (Å²) in [4.78, 5) is 193. The summed E-state index contributed by atoms with van der Waals surface area (Å²) in [6, 6.07) is 18.0. The predicted molar refractivity (Wildman–Crippen MR) is 426 cm³/mol. The van der Waals surface area contributed by atoms with Crippen LogP contribution in [0, 0.1) is 27.9 Å². The Morgan fingerprint density at radius 1 is 0.460 bits per heavy atom. The van der Waals surface area contributed by atoms with Gasteiger partial charge in [-0.3, -0.25) is 58.1 Å². The molecule has 3 aliphatic rings. The number of amides is 12. The molecule has 0 bridgehead atoms. The fraction of sp³-hybridized carbons (Fsp3) is 0.524. The number of benzene rings is 6. The van der Waals surface area contributed by atoms with Gasteiger partial charge >= 0.3 is 12.2 Å². The minimum absolute atomic E-state index is 0.0000966. The van der Waals surface area contributed by atoms with Crippen molar-refractivity contribution in [2.24, 2.45) is 17.8 Å². The monoisotopic (exact) mass is 1560 g/mol. The first-order valence-corrected chi connectivity index (χ1v) is 39.4. The van der Waals surface area contributed by atoms with E-state index in [4.69, 9.17) is 9.47 Å². The second kappa shape index (κ2) is 38.5. The summed E-state index contributed by atoms with van der Waals surface area (Å²) in [6.07, 6.45) is -1.35. The van der Waals surface area contributed by atoms with Crippen molar-refractivity contribution in [2.75, 3.05) is 26.2 Å². The van der Waals surface area contributed by atoms with E-state index in [0.29, 0.717) is 23.1 Å². The molecule has 0 aromatic heterocycles. The smallest absolute Gasteiger partial charge is 0.407 e. The fourth-order valence-corrected chi connectivity index (χ4v) is 14.9. The third-order valence-corrected chi connectivity index (χ3v) is 20.3. The van der Waals surface area contributed by atoms with E-state index in [1.165, 1.54) is 34.1 Å². The van der Waals surface area contributed by atoms with Gasteiger partial charge in [0.1, 0.15) is 71.6 Å². The van der Waals surface area contributed by atoms with Crippen molar-refractivity contribution in [3.8, 4) is 0 Å². The van der Waals surface area contributed by atoms with Gasteiger partial charge in [-0.2, -0.15) is 0 Å². The third-order valence-electron chi connectivity index (χ3n) is 20.3. The van der Waals surface area contributed by atoms with Gasteiger partial charge in [-0.1, -0.05) is 139 Å². The lowest BCUT2D eigenvalue weighted by molar-refractivity contribution is -0.384. The van der Waals surface area contributed by atoms with E-state index in [-0.39, 0.29) is 121 Å². The molecule has 3 saturated heterocycles. The summed E-state index contributed by atoms with van der Waals surface area (Å²) >= 11 is 0. The lowest BCUT2D eigenvalue weighted by atomic mass is 9.90. The van der Waals surface area contributed by atoms with Gasteiger partial charge in [-0.05, 0) is 173 Å². The zero-order valence-corrected chi connectivity index (χ0v) is 66.8. The highest BCUT2D eigenvalue weighted by Gasteiger charge is 2.44. The highest BCUT2D eigenvalue weighted by molar-refractivity contribution is 6.23. The van der Waals surface area contributed by atoms with Crippen LogP contribution in [0.15, 0.2) is 109 Å². The SMILES string of the molecule is CC(C)C[C@@H]1NC(=O)[C@H](CCCNC(=O)OC(C)(C)C)NC(=O)[C@H](C(C)C)NC(=O)[C@@H]2CCCN2C(=O)[C@@H](Cc2ccccc2)NC(=O)[C@H](CC(C)C)NC(=O)[C@H](CCCNC(=O)OC(C)(C)C)NC(=O)[C@H](Cc2ccc([N+](=O)[O-])cc2)NC(=O)[C@@H]2CCCN2C(=O)[C@@H](Cc2ccc3ccc4cccc5ccc2c3c45)NC1=O. The first kappa shape index (κ1) is 86.0. The Bertz CT molecular complexity index is 4410. The maximum atomic E-state index is 16.0. The summed E-state index contributed by atoms with van der Waals surface area (Å²) in [6.45, 7) is 20.8. The molecule has 29 nitrogen and oxygen atoms in total. The lowest BCUT2D eigenvalue weighted by Gasteiger charge is -2.32. The van der Waals surface area contributed by atoms with Crippen molar-refractivity contribution in [1.82, 2.24) is 63.0 Å². The second-order valence-corrected chi connectivity index (χ2v) is 33.0. The van der Waals surface area contributed by atoms with Gasteiger partial charge in [0.25, 0.3) is 5.69 Å². The molecule has 10 atom stereocenters. The summed E-state index contributed by atoms with van der Waals surface area (Å²) in [5.74, 6) is -9.03. The van der Waals surface area contributed by atoms with Gasteiger partial charge in [0.05, 0.1) is 4.92 Å². The number of alkyl carbamates (subject to hydrolysis) is 2. The van der Waals surface area contributed by atoms with Crippen molar-refractivity contribution in [3.05, 3.63) is 136 Å². The molecule has 113 heavy (non-hydrogen) atoms. The summed E-state index contributed by atoms with van der Waals surface area (Å²) < 4.78 is 10.9. The molecular formula is C84H111N13O16. The molecule has 6 aromatic carbocycles. The molecule has 0 aliphatic carbocycles. The Morgan fingerprint density at radius 3 is 1.35 bits per heavy atom. The van der Waals surface area contributed by atoms with E-state index in [9.17, 15) is 24.5 Å². The van der Waals surface area contributed by atoms with E-state index in [1.54, 1.807) is 85.7 Å². The molecule has 0 saturated carbocycles. The van der Waals surface area contributed by atoms with E-state index in [1.807, 2.05) is 82.3 Å². The number of carbonyl (C=O) groups is 12. The number of nitrogens with one attached hydrogen (secondary N) is 10. The van der Waals surface area contributed by atoms with E-state index in [0.717, 1.165) is 32.3 Å². The third kappa shape index (κ3) is 23.8. The average Bonchev–Trinajstić information content (AvgIpc) is 1.73. The molecule has 3 aliphatic heterocycles. The Hall–Kier alpha value is -11.0. The van der Waals surface area contributed by atoms with Crippen LogP contribution >= 0.6 is 0 Å². The Balaban J connectivity index is 1.14. The first-order chi connectivity index (χ1) is 53.5. The second-order valence-electron chi connectivity index (χ2n) is 33.0. The number of carbonyl (C=O) groups excluding carboxylic acids is 12. The highest BCUT2D eigenvalue weighted by Crippen LogP contribution is 2.37. The highest BCUT2D eigenvalue weighted by atomic mass is 16.6. The average molecular weight is 1560 g/mol. The number of hydrogen-bond acceptors (Lipinski definition) is 16. The number of nitro groups is 1. The van der Waals surface area contributed by atoms with Crippen molar-refractivity contribution in [3.63, 3.8) is 0 Å². The van der Waals surface area contributed by atoms with Gasteiger partial charge in [0.2, 0.25) is 59.1 Å². The van der Waals surface area contributed by atoms with Crippen molar-refractivity contribution >= 4 is 109 Å². The van der Waals surface area contributed by atoms with Crippen LogP contribution in [0.2, 0.25) is 0 Å². The van der Waals surface area contributed by atoms with Crippen LogP contribution in [-0.2, 0) is 76.7 Å². The molecule has 0 radical (unpaired) electrons. The minimum atomic E-state index is -1.58. The number of ether oxygens (including phenoxy) is 2. The Kier molecular flexibility index (Phi) is 29.3. The normalized spacial score (nSPS) is 22.7. The molecule has 10 N–H and O–H groups in total. The predicted octanol–water partition coefficient (Wildman–Crippen LogP) is 7.75. The summed E-state index contributed by atoms with van der Waals surface area (Å²) in [7, 11) is 0. The molecule has 0 spiro atoms. The van der Waals surface area contributed by atoms with Crippen LogP contribution in [0.25, 0.3) is 32.3 Å². The van der Waals surface area contributed by atoms with E-state index < -0.39 is 154 Å². The zero-order valence-electron chi connectivity index (χ0n) is 66.8. The number of nitrogens with zero attached hydrogens (tertiary/aromatic N) is 3.